The number of hydrogen-bond acceptors (Lipinski definition) is 5. The number of hydrogen-bond donors (Lipinski definition) is 1. The number of nitrogens with zero attached hydrogens (tertiary/aromatic N) is 2. The molecular weight excluding hydrogens is 270 g/mol. The van der Waals surface area contributed by atoms with Crippen molar-refractivity contribution in [2.24, 2.45) is 5.92 Å². The highest BCUT2D eigenvalue weighted by Crippen LogP contribution is 2.28. The molecule has 21 heavy (non-hydrogen) atoms. The molecule has 0 bridgehead atoms. The summed E-state index contributed by atoms with van der Waals surface area (Å²) in [6.45, 7) is 3.05. The Bertz CT molecular complexity index is 476. The van der Waals surface area contributed by atoms with Crippen LogP contribution >= 0.6 is 0 Å². The molecule has 1 N–H and O–H groups in total. The Balaban J connectivity index is 1.47. The first-order chi connectivity index (χ1) is 10.3. The van der Waals surface area contributed by atoms with Crippen LogP contribution < -0.4 is 5.32 Å². The van der Waals surface area contributed by atoms with E-state index in [1.165, 1.54) is 12.8 Å². The fourth-order valence-electron chi connectivity index (χ4n) is 2.73. The van der Waals surface area contributed by atoms with E-state index >= 15 is 0 Å². The molecule has 1 saturated heterocycles. The van der Waals surface area contributed by atoms with E-state index in [2.05, 4.69) is 10.5 Å². The lowest BCUT2D eigenvalue weighted by molar-refractivity contribution is 0.0694. The summed E-state index contributed by atoms with van der Waals surface area (Å²) < 4.78 is 10.0. The highest BCUT2D eigenvalue weighted by molar-refractivity contribution is 5.92. The minimum absolute atomic E-state index is 0.0401. The first kappa shape index (κ1) is 14.5. The van der Waals surface area contributed by atoms with Crippen molar-refractivity contribution in [1.29, 1.82) is 0 Å². The van der Waals surface area contributed by atoms with E-state index in [-0.39, 0.29) is 5.91 Å². The number of nitrogens with one attached hydrogen (secondary N) is 1. The molecule has 1 amide bonds. The molecule has 3 rings (SSSR count). The van der Waals surface area contributed by atoms with Crippen molar-refractivity contribution in [1.82, 2.24) is 15.4 Å². The molecule has 1 aliphatic heterocycles. The fourth-order valence-corrected chi connectivity index (χ4v) is 2.73. The van der Waals surface area contributed by atoms with E-state index in [0.717, 1.165) is 38.4 Å². The molecule has 1 aromatic heterocycles. The van der Waals surface area contributed by atoms with Crippen LogP contribution in [0.5, 0.6) is 0 Å². The third kappa shape index (κ3) is 3.83. The van der Waals surface area contributed by atoms with Crippen LogP contribution in [-0.4, -0.2) is 48.7 Å². The molecular formula is C15H23N3O3. The molecule has 0 aromatic carbocycles. The first-order valence-corrected chi connectivity index (χ1v) is 7.73. The van der Waals surface area contributed by atoms with Crippen LogP contribution in [0.3, 0.4) is 0 Å². The molecule has 0 unspecified atom stereocenters. The number of rotatable bonds is 6. The zero-order valence-electron chi connectivity index (χ0n) is 12.5. The number of methoxy groups -OCH3 is 1. The van der Waals surface area contributed by atoms with Crippen molar-refractivity contribution in [2.75, 3.05) is 26.7 Å². The Hall–Kier alpha value is -1.40. The van der Waals surface area contributed by atoms with Gasteiger partial charge in [0, 0.05) is 32.3 Å². The molecule has 0 atom stereocenters. The van der Waals surface area contributed by atoms with E-state index in [9.17, 15) is 4.79 Å². The molecule has 6 nitrogen and oxygen atoms in total. The van der Waals surface area contributed by atoms with E-state index < -0.39 is 0 Å². The maximum atomic E-state index is 12.3. The Labute approximate surface area is 124 Å². The summed E-state index contributed by atoms with van der Waals surface area (Å²) >= 11 is 0. The van der Waals surface area contributed by atoms with Gasteiger partial charge in [0.05, 0.1) is 0 Å². The van der Waals surface area contributed by atoms with Crippen LogP contribution in [-0.2, 0) is 11.3 Å². The molecule has 2 aliphatic rings. The van der Waals surface area contributed by atoms with Crippen molar-refractivity contribution in [3.63, 3.8) is 0 Å². The van der Waals surface area contributed by atoms with Gasteiger partial charge in [0.2, 0.25) is 0 Å². The number of aromatic nitrogens is 1. The molecule has 0 radical (unpaired) electrons. The quantitative estimate of drug-likeness (QED) is 0.859. The van der Waals surface area contributed by atoms with E-state index in [1.54, 1.807) is 13.2 Å². The fraction of sp³-hybridized carbons (Fsp3) is 0.733. The van der Waals surface area contributed by atoms with Crippen LogP contribution in [0.4, 0.5) is 0 Å². The Morgan fingerprint density at radius 3 is 2.86 bits per heavy atom. The minimum atomic E-state index is -0.0401. The van der Waals surface area contributed by atoms with E-state index in [4.69, 9.17) is 9.26 Å². The summed E-state index contributed by atoms with van der Waals surface area (Å²) in [6.07, 6.45) is 4.78. The maximum absolute atomic E-state index is 12.3. The number of carbonyl (C=O) groups is 1. The van der Waals surface area contributed by atoms with Crippen LogP contribution in [0.1, 0.15) is 41.9 Å². The number of carbonyl (C=O) groups excluding carboxylic acids is 1. The lowest BCUT2D eigenvalue weighted by atomic mass is 10.0. The minimum Gasteiger partial charge on any atom is -0.377 e. The van der Waals surface area contributed by atoms with Crippen molar-refractivity contribution >= 4 is 5.91 Å². The van der Waals surface area contributed by atoms with Gasteiger partial charge in [-0.1, -0.05) is 5.16 Å². The summed E-state index contributed by atoms with van der Waals surface area (Å²) in [7, 11) is 1.59. The molecule has 6 heteroatoms. The number of amides is 1. The monoisotopic (exact) mass is 293 g/mol. The second-order valence-electron chi connectivity index (χ2n) is 6.03. The van der Waals surface area contributed by atoms with Gasteiger partial charge in [0.15, 0.2) is 11.5 Å². The normalized spacial score (nSPS) is 20.0. The van der Waals surface area contributed by atoms with E-state index in [0.29, 0.717) is 24.1 Å². The van der Waals surface area contributed by atoms with Gasteiger partial charge in [-0.3, -0.25) is 4.79 Å². The van der Waals surface area contributed by atoms with Gasteiger partial charge in [-0.25, -0.2) is 0 Å². The lowest BCUT2D eigenvalue weighted by Crippen LogP contribution is -2.45. The smallest absolute Gasteiger partial charge is 0.276 e. The third-order valence-corrected chi connectivity index (χ3v) is 4.24. The second kappa shape index (κ2) is 6.58. The van der Waals surface area contributed by atoms with Gasteiger partial charge in [-0.15, -0.1) is 0 Å². The highest BCUT2D eigenvalue weighted by atomic mass is 16.5. The molecule has 2 fully saturated rings. The Kier molecular flexibility index (Phi) is 4.55. The summed E-state index contributed by atoms with van der Waals surface area (Å²) in [5.74, 6) is 1.45. The zero-order chi connectivity index (χ0) is 14.7. The zero-order valence-corrected chi connectivity index (χ0v) is 12.5. The van der Waals surface area contributed by atoms with Gasteiger partial charge in [-0.05, 0) is 38.1 Å². The Morgan fingerprint density at radius 2 is 2.19 bits per heavy atom. The predicted molar refractivity (Wildman–Crippen MR) is 76.9 cm³/mol. The standard InChI is InChI=1S/C15H23N3O3/c1-20-10-13-8-14(17-21-13)15(19)18-6-4-12(5-7-18)16-9-11-2-3-11/h8,11-12,16H,2-7,9-10H2,1H3. The molecule has 1 aliphatic carbocycles. The third-order valence-electron chi connectivity index (χ3n) is 4.24. The molecule has 0 spiro atoms. The summed E-state index contributed by atoms with van der Waals surface area (Å²) in [4.78, 5) is 14.2. The molecule has 2 heterocycles. The summed E-state index contributed by atoms with van der Waals surface area (Å²) in [6, 6.07) is 2.22. The molecule has 1 aromatic rings. The number of ether oxygens (including phenoxy) is 1. The SMILES string of the molecule is COCc1cc(C(=O)N2CCC(NCC3CC3)CC2)no1. The van der Waals surface area contributed by atoms with Crippen LogP contribution in [0.15, 0.2) is 10.6 Å². The average Bonchev–Trinajstić information content (AvgIpc) is 3.23. The topological polar surface area (TPSA) is 67.6 Å². The van der Waals surface area contributed by atoms with Gasteiger partial charge >= 0.3 is 0 Å². The number of piperidine rings is 1. The molecule has 1 saturated carbocycles. The van der Waals surface area contributed by atoms with Crippen molar-refractivity contribution in [3.05, 3.63) is 17.5 Å². The van der Waals surface area contributed by atoms with Crippen LogP contribution in [0.25, 0.3) is 0 Å². The van der Waals surface area contributed by atoms with Crippen molar-refractivity contribution < 1.29 is 14.1 Å². The van der Waals surface area contributed by atoms with Crippen molar-refractivity contribution in [3.8, 4) is 0 Å². The maximum Gasteiger partial charge on any atom is 0.276 e. The summed E-state index contributed by atoms with van der Waals surface area (Å²) in [5, 5.41) is 7.45. The lowest BCUT2D eigenvalue weighted by Gasteiger charge is -2.32. The van der Waals surface area contributed by atoms with Gasteiger partial charge in [0.25, 0.3) is 5.91 Å². The largest absolute Gasteiger partial charge is 0.377 e. The van der Waals surface area contributed by atoms with Gasteiger partial charge < -0.3 is 19.5 Å². The van der Waals surface area contributed by atoms with Gasteiger partial charge in [0.1, 0.15) is 6.61 Å². The van der Waals surface area contributed by atoms with Gasteiger partial charge in [-0.2, -0.15) is 0 Å². The van der Waals surface area contributed by atoms with Crippen molar-refractivity contribution in [2.45, 2.75) is 38.3 Å². The second-order valence-corrected chi connectivity index (χ2v) is 6.03. The van der Waals surface area contributed by atoms with Crippen LogP contribution in [0, 0.1) is 5.92 Å². The summed E-state index contributed by atoms with van der Waals surface area (Å²) in [5.41, 5.74) is 0.381. The number of likely N-dealkylation sites (tertiary alicyclic amines) is 1. The average molecular weight is 293 g/mol. The first-order valence-electron chi connectivity index (χ1n) is 7.73. The Morgan fingerprint density at radius 1 is 1.43 bits per heavy atom. The highest BCUT2D eigenvalue weighted by Gasteiger charge is 2.27. The molecule has 116 valence electrons. The predicted octanol–water partition coefficient (Wildman–Crippen LogP) is 1.43. The van der Waals surface area contributed by atoms with E-state index in [1.807, 2.05) is 4.90 Å². The van der Waals surface area contributed by atoms with Crippen LogP contribution in [0.2, 0.25) is 0 Å².